The Kier molecular flexibility index (Phi) is 1.49. The molecule has 0 unspecified atom stereocenters. The van der Waals surface area contributed by atoms with Gasteiger partial charge in [-0.25, -0.2) is 4.98 Å². The third-order valence-corrected chi connectivity index (χ3v) is 3.12. The number of anilines is 1. The van der Waals surface area contributed by atoms with Crippen LogP contribution in [0.2, 0.25) is 0 Å². The Morgan fingerprint density at radius 1 is 1.07 bits per heavy atom. The molecule has 0 fully saturated rings. The zero-order chi connectivity index (χ0) is 9.54. The lowest BCUT2D eigenvalue weighted by atomic mass is 10.1. The summed E-state index contributed by atoms with van der Waals surface area (Å²) in [6.45, 7) is 0. The molecule has 3 heteroatoms. The van der Waals surface area contributed by atoms with Gasteiger partial charge < -0.3 is 5.73 Å². The average molecular weight is 200 g/mol. The number of benzene rings is 2. The molecule has 0 aliphatic carbocycles. The molecule has 0 aliphatic heterocycles. The molecule has 0 saturated heterocycles. The van der Waals surface area contributed by atoms with Crippen molar-refractivity contribution in [1.29, 1.82) is 0 Å². The van der Waals surface area contributed by atoms with Gasteiger partial charge in [-0.15, -0.1) is 0 Å². The Morgan fingerprint density at radius 2 is 1.79 bits per heavy atom. The van der Waals surface area contributed by atoms with Crippen LogP contribution in [0, 0.1) is 0 Å². The minimum absolute atomic E-state index is 0.635. The quantitative estimate of drug-likeness (QED) is 0.605. The number of nitrogen functional groups attached to an aromatic ring is 1. The summed E-state index contributed by atoms with van der Waals surface area (Å²) in [6, 6.07) is 12.5. The van der Waals surface area contributed by atoms with Gasteiger partial charge in [-0.1, -0.05) is 35.6 Å². The normalized spacial score (nSPS) is 11.1. The zero-order valence-electron chi connectivity index (χ0n) is 7.40. The van der Waals surface area contributed by atoms with Crippen LogP contribution < -0.4 is 5.73 Å². The highest BCUT2D eigenvalue weighted by Gasteiger charge is 2.01. The van der Waals surface area contributed by atoms with E-state index in [0.717, 1.165) is 10.2 Å². The van der Waals surface area contributed by atoms with Crippen molar-refractivity contribution >= 4 is 37.5 Å². The van der Waals surface area contributed by atoms with Gasteiger partial charge in [0.05, 0.1) is 10.2 Å². The summed E-state index contributed by atoms with van der Waals surface area (Å²) in [4.78, 5) is 4.26. The monoisotopic (exact) mass is 200 g/mol. The molecule has 14 heavy (non-hydrogen) atoms. The van der Waals surface area contributed by atoms with Gasteiger partial charge in [-0.05, 0) is 22.9 Å². The van der Waals surface area contributed by atoms with E-state index < -0.39 is 0 Å². The van der Waals surface area contributed by atoms with E-state index in [1.165, 1.54) is 22.1 Å². The number of nitrogens with zero attached hydrogens (tertiary/aromatic N) is 1. The third-order valence-electron chi connectivity index (χ3n) is 2.27. The molecule has 0 aliphatic rings. The predicted molar refractivity (Wildman–Crippen MR) is 61.5 cm³/mol. The van der Waals surface area contributed by atoms with Crippen LogP contribution in [0.3, 0.4) is 0 Å². The highest BCUT2D eigenvalue weighted by atomic mass is 32.1. The van der Waals surface area contributed by atoms with E-state index in [2.05, 4.69) is 29.2 Å². The number of thiazole rings is 1. The molecule has 0 amide bonds. The molecule has 0 saturated carbocycles. The molecule has 3 aromatic rings. The van der Waals surface area contributed by atoms with E-state index >= 15 is 0 Å². The number of rotatable bonds is 0. The molecule has 1 aromatic heterocycles. The summed E-state index contributed by atoms with van der Waals surface area (Å²) in [5.74, 6) is 0. The van der Waals surface area contributed by atoms with Gasteiger partial charge in [0.25, 0.3) is 0 Å². The predicted octanol–water partition coefficient (Wildman–Crippen LogP) is 3.03. The fourth-order valence-corrected chi connectivity index (χ4v) is 2.40. The van der Waals surface area contributed by atoms with E-state index in [1.807, 2.05) is 12.1 Å². The molecule has 0 radical (unpaired) electrons. The van der Waals surface area contributed by atoms with E-state index in [1.54, 1.807) is 0 Å². The van der Waals surface area contributed by atoms with Crippen molar-refractivity contribution in [2.45, 2.75) is 0 Å². The lowest BCUT2D eigenvalue weighted by molar-refractivity contribution is 1.50. The number of hydrogen-bond donors (Lipinski definition) is 1. The number of hydrogen-bond acceptors (Lipinski definition) is 3. The fraction of sp³-hybridized carbons (Fsp3) is 0. The summed E-state index contributed by atoms with van der Waals surface area (Å²) < 4.78 is 1.15. The number of fused-ring (bicyclic) bond motifs is 2. The topological polar surface area (TPSA) is 38.9 Å². The summed E-state index contributed by atoms with van der Waals surface area (Å²) in [5, 5.41) is 3.09. The van der Waals surface area contributed by atoms with E-state index in [4.69, 9.17) is 5.73 Å². The van der Waals surface area contributed by atoms with E-state index in [-0.39, 0.29) is 0 Å². The van der Waals surface area contributed by atoms with Crippen LogP contribution in [0.25, 0.3) is 21.0 Å². The second kappa shape index (κ2) is 2.69. The number of nitrogens with two attached hydrogens (primary N) is 1. The molecule has 2 aromatic carbocycles. The Labute approximate surface area is 85.0 Å². The molecule has 1 heterocycles. The molecule has 68 valence electrons. The Balaban J connectivity index is 2.51. The van der Waals surface area contributed by atoms with E-state index in [9.17, 15) is 0 Å². The maximum absolute atomic E-state index is 5.66. The molecular formula is C11H8N2S. The maximum Gasteiger partial charge on any atom is 0.181 e. The highest BCUT2D eigenvalue weighted by molar-refractivity contribution is 7.22. The summed E-state index contributed by atoms with van der Waals surface area (Å²) in [7, 11) is 0. The van der Waals surface area contributed by atoms with Crippen molar-refractivity contribution in [3.63, 3.8) is 0 Å². The Hall–Kier alpha value is -1.61. The zero-order valence-corrected chi connectivity index (χ0v) is 8.21. The van der Waals surface area contributed by atoms with Gasteiger partial charge >= 0.3 is 0 Å². The van der Waals surface area contributed by atoms with Crippen molar-refractivity contribution in [3.05, 3.63) is 36.4 Å². The lowest BCUT2D eigenvalue weighted by Gasteiger charge is -1.95. The summed E-state index contributed by atoms with van der Waals surface area (Å²) in [5.41, 5.74) is 6.65. The first-order chi connectivity index (χ1) is 6.83. The van der Waals surface area contributed by atoms with Crippen LogP contribution in [0.1, 0.15) is 0 Å². The molecule has 0 bridgehead atoms. The van der Waals surface area contributed by atoms with Crippen molar-refractivity contribution < 1.29 is 0 Å². The van der Waals surface area contributed by atoms with Crippen LogP contribution in [0.4, 0.5) is 5.13 Å². The maximum atomic E-state index is 5.66. The first-order valence-electron chi connectivity index (χ1n) is 4.38. The lowest BCUT2D eigenvalue weighted by Crippen LogP contribution is -1.79. The van der Waals surface area contributed by atoms with Gasteiger partial charge in [-0.3, -0.25) is 0 Å². The Bertz CT molecular complexity index is 560. The van der Waals surface area contributed by atoms with E-state index in [0.29, 0.717) is 5.13 Å². The fourth-order valence-electron chi connectivity index (χ4n) is 1.63. The summed E-state index contributed by atoms with van der Waals surface area (Å²) >= 11 is 1.53. The van der Waals surface area contributed by atoms with Gasteiger partial charge in [0.1, 0.15) is 0 Å². The van der Waals surface area contributed by atoms with Gasteiger partial charge in [0.2, 0.25) is 0 Å². The minimum Gasteiger partial charge on any atom is -0.375 e. The van der Waals surface area contributed by atoms with Gasteiger partial charge in [-0.2, -0.15) is 0 Å². The highest BCUT2D eigenvalue weighted by Crippen LogP contribution is 2.28. The molecule has 2 N–H and O–H groups in total. The van der Waals surface area contributed by atoms with Crippen LogP contribution in [0.15, 0.2) is 36.4 Å². The Morgan fingerprint density at radius 3 is 2.57 bits per heavy atom. The van der Waals surface area contributed by atoms with Crippen molar-refractivity contribution in [2.24, 2.45) is 0 Å². The van der Waals surface area contributed by atoms with Gasteiger partial charge in [0, 0.05) is 0 Å². The third kappa shape index (κ3) is 1.06. The van der Waals surface area contributed by atoms with Crippen LogP contribution in [-0.2, 0) is 0 Å². The first-order valence-corrected chi connectivity index (χ1v) is 5.19. The van der Waals surface area contributed by atoms with Crippen LogP contribution in [0.5, 0.6) is 0 Å². The first kappa shape index (κ1) is 7.76. The van der Waals surface area contributed by atoms with Crippen molar-refractivity contribution in [1.82, 2.24) is 4.98 Å². The average Bonchev–Trinajstić information content (AvgIpc) is 2.53. The SMILES string of the molecule is Nc1nc2cc3ccccc3cc2s1. The second-order valence-corrected chi connectivity index (χ2v) is 4.28. The molecule has 2 nitrogen and oxygen atoms in total. The largest absolute Gasteiger partial charge is 0.375 e. The van der Waals surface area contributed by atoms with Crippen LogP contribution >= 0.6 is 11.3 Å². The molecule has 3 rings (SSSR count). The molecular weight excluding hydrogens is 192 g/mol. The minimum atomic E-state index is 0.635. The van der Waals surface area contributed by atoms with Crippen molar-refractivity contribution in [3.8, 4) is 0 Å². The second-order valence-electron chi connectivity index (χ2n) is 3.22. The van der Waals surface area contributed by atoms with Crippen molar-refractivity contribution in [2.75, 3.05) is 5.73 Å². The smallest absolute Gasteiger partial charge is 0.181 e. The van der Waals surface area contributed by atoms with Gasteiger partial charge in [0.15, 0.2) is 5.13 Å². The molecule has 0 atom stereocenters. The number of aromatic nitrogens is 1. The van der Waals surface area contributed by atoms with Crippen LogP contribution in [-0.4, -0.2) is 4.98 Å². The molecule has 0 spiro atoms. The summed E-state index contributed by atoms with van der Waals surface area (Å²) in [6.07, 6.45) is 0. The standard InChI is InChI=1S/C11H8N2S/c12-11-13-9-5-7-3-1-2-4-8(7)6-10(9)14-11/h1-6H,(H2,12,13).